The molecule has 3 N–H and O–H groups in total. The molecule has 1 aromatic rings. The number of hydrogen-bond donors (Lipinski definition) is 2. The van der Waals surface area contributed by atoms with E-state index >= 15 is 0 Å². The highest BCUT2D eigenvalue weighted by atomic mass is 32.2. The van der Waals surface area contributed by atoms with Crippen molar-refractivity contribution in [3.05, 3.63) is 22.7 Å². The van der Waals surface area contributed by atoms with Crippen molar-refractivity contribution in [2.45, 2.75) is 66.4 Å². The SMILES string of the molecule is CC(C)(C)C(=O)SCCOP(=O)(OCCSC(=O)C(C)(C)C)OC[C@@H]1CC(O)[C@H](n2ccc(N)nc2=O)O1. The number of nitrogens with zero attached hydrogens (tertiary/aromatic N) is 2. The van der Waals surface area contributed by atoms with E-state index < -0.39 is 42.8 Å². The second-order valence-electron chi connectivity index (χ2n) is 10.7. The van der Waals surface area contributed by atoms with Crippen LogP contribution in [0.4, 0.5) is 5.82 Å². The Hall–Kier alpha value is -1.25. The van der Waals surface area contributed by atoms with Gasteiger partial charge >= 0.3 is 13.5 Å². The minimum absolute atomic E-state index is 0.0401. The quantitative estimate of drug-likeness (QED) is 0.267. The topological polar surface area (TPSA) is 169 Å². The summed E-state index contributed by atoms with van der Waals surface area (Å²) >= 11 is 2.11. The van der Waals surface area contributed by atoms with Gasteiger partial charge < -0.3 is 15.6 Å². The molecule has 216 valence electrons. The number of anilines is 1. The van der Waals surface area contributed by atoms with Gasteiger partial charge in [-0.3, -0.25) is 27.7 Å². The van der Waals surface area contributed by atoms with Crippen molar-refractivity contribution in [1.82, 2.24) is 9.55 Å². The number of hydrogen-bond acceptors (Lipinski definition) is 13. The normalized spacial score (nSPS) is 20.6. The van der Waals surface area contributed by atoms with Crippen molar-refractivity contribution in [2.75, 3.05) is 37.1 Å². The van der Waals surface area contributed by atoms with E-state index in [9.17, 15) is 24.1 Å². The molecule has 1 aromatic heterocycles. The lowest BCUT2D eigenvalue weighted by Crippen LogP contribution is -2.31. The summed E-state index contributed by atoms with van der Waals surface area (Å²) in [5.74, 6) is 0.508. The Kier molecular flexibility index (Phi) is 12.0. The Morgan fingerprint density at radius 3 is 2.11 bits per heavy atom. The Morgan fingerprint density at radius 2 is 1.63 bits per heavy atom. The first-order chi connectivity index (χ1) is 17.5. The van der Waals surface area contributed by atoms with E-state index in [1.807, 2.05) is 0 Å². The number of phosphoric acid groups is 1. The summed E-state index contributed by atoms with van der Waals surface area (Å²) in [6.45, 7) is 10.4. The van der Waals surface area contributed by atoms with Crippen LogP contribution in [0.1, 0.15) is 54.2 Å². The molecule has 0 amide bonds. The van der Waals surface area contributed by atoms with Gasteiger partial charge in [-0.25, -0.2) is 9.36 Å². The number of aromatic nitrogens is 2. The lowest BCUT2D eigenvalue weighted by Gasteiger charge is -2.21. The van der Waals surface area contributed by atoms with E-state index in [4.69, 9.17) is 24.0 Å². The molecule has 15 heteroatoms. The van der Waals surface area contributed by atoms with Gasteiger partial charge in [0.2, 0.25) is 0 Å². The molecule has 0 aliphatic carbocycles. The number of ether oxygens (including phenoxy) is 1. The first-order valence-corrected chi connectivity index (χ1v) is 15.5. The molecule has 1 aliphatic heterocycles. The van der Waals surface area contributed by atoms with Gasteiger partial charge in [-0.1, -0.05) is 65.1 Å². The van der Waals surface area contributed by atoms with Crippen LogP contribution in [0.5, 0.6) is 0 Å². The third kappa shape index (κ3) is 10.4. The van der Waals surface area contributed by atoms with E-state index in [-0.39, 0.29) is 53.8 Å². The van der Waals surface area contributed by atoms with Crippen LogP contribution < -0.4 is 11.4 Å². The molecule has 38 heavy (non-hydrogen) atoms. The standard InChI is InChI=1S/C23H38N3O9PS2/c1-22(2,3)19(28)37-11-9-32-36(31,33-10-12-38-20(29)23(4,5)6)34-14-15-13-16(27)18(35-15)26-8-7-17(24)25-21(26)30/h7-8,15-16,18,27H,9-14H2,1-6H3,(H2,24,25,30)/t15-,16?,18+/m0/s1. The van der Waals surface area contributed by atoms with E-state index in [1.54, 1.807) is 41.5 Å². The zero-order chi connectivity index (χ0) is 28.7. The number of aliphatic hydroxyl groups excluding tert-OH is 1. The summed E-state index contributed by atoms with van der Waals surface area (Å²) in [6, 6.07) is 1.40. The number of thioether (sulfide) groups is 2. The highest BCUT2D eigenvalue weighted by Gasteiger charge is 2.38. The number of carbonyl (C=O) groups is 2. The Balaban J connectivity index is 1.97. The summed E-state index contributed by atoms with van der Waals surface area (Å²) in [4.78, 5) is 40.0. The van der Waals surface area contributed by atoms with E-state index in [0.717, 1.165) is 28.1 Å². The van der Waals surface area contributed by atoms with Crippen molar-refractivity contribution in [3.8, 4) is 0 Å². The Morgan fingerprint density at radius 1 is 1.11 bits per heavy atom. The summed E-state index contributed by atoms with van der Waals surface area (Å²) in [5.41, 5.74) is 3.77. The summed E-state index contributed by atoms with van der Waals surface area (Å²) in [5, 5.41) is 10.3. The zero-order valence-corrected chi connectivity index (χ0v) is 25.1. The van der Waals surface area contributed by atoms with Crippen LogP contribution in [0.3, 0.4) is 0 Å². The third-order valence-electron chi connectivity index (χ3n) is 5.07. The van der Waals surface area contributed by atoms with Crippen molar-refractivity contribution in [2.24, 2.45) is 10.8 Å². The van der Waals surface area contributed by atoms with E-state index in [1.165, 1.54) is 12.3 Å². The fourth-order valence-corrected chi connectivity index (χ4v) is 6.01. The zero-order valence-electron chi connectivity index (χ0n) is 22.6. The molecular weight excluding hydrogens is 557 g/mol. The first-order valence-electron chi connectivity index (χ1n) is 12.1. The summed E-state index contributed by atoms with van der Waals surface area (Å²) < 4.78 is 36.6. The predicted octanol–water partition coefficient (Wildman–Crippen LogP) is 3.24. The number of nitrogen functional groups attached to an aromatic ring is 1. The minimum atomic E-state index is -4.11. The van der Waals surface area contributed by atoms with Crippen molar-refractivity contribution in [1.29, 1.82) is 0 Å². The van der Waals surface area contributed by atoms with Crippen LogP contribution in [0.15, 0.2) is 17.1 Å². The van der Waals surface area contributed by atoms with Gasteiger partial charge in [0.15, 0.2) is 16.5 Å². The second kappa shape index (κ2) is 13.9. The van der Waals surface area contributed by atoms with Gasteiger partial charge in [0.05, 0.1) is 25.9 Å². The molecule has 12 nitrogen and oxygen atoms in total. The van der Waals surface area contributed by atoms with Gasteiger partial charge in [0.1, 0.15) is 11.9 Å². The number of nitrogens with two attached hydrogens (primary N) is 1. The molecule has 1 fully saturated rings. The van der Waals surface area contributed by atoms with Gasteiger partial charge in [-0.2, -0.15) is 4.98 Å². The fourth-order valence-electron chi connectivity index (χ4n) is 2.99. The highest BCUT2D eigenvalue weighted by Crippen LogP contribution is 2.50. The molecule has 2 heterocycles. The van der Waals surface area contributed by atoms with Gasteiger partial charge in [-0.15, -0.1) is 0 Å². The number of carbonyl (C=O) groups excluding carboxylic acids is 2. The van der Waals surface area contributed by atoms with Crippen LogP contribution in [0.25, 0.3) is 0 Å². The maximum Gasteiger partial charge on any atom is 0.474 e. The maximum atomic E-state index is 13.3. The molecule has 0 spiro atoms. The van der Waals surface area contributed by atoms with Crippen LogP contribution >= 0.6 is 31.3 Å². The maximum absolute atomic E-state index is 13.3. The average molecular weight is 596 g/mol. The lowest BCUT2D eigenvalue weighted by molar-refractivity contribution is -0.118. The van der Waals surface area contributed by atoms with Gasteiger partial charge in [-0.05, 0) is 6.07 Å². The second-order valence-corrected chi connectivity index (χ2v) is 14.5. The van der Waals surface area contributed by atoms with Crippen molar-refractivity contribution < 1.29 is 37.6 Å². The van der Waals surface area contributed by atoms with Crippen molar-refractivity contribution >= 4 is 47.4 Å². The largest absolute Gasteiger partial charge is 0.474 e. The first kappa shape index (κ1) is 33.0. The monoisotopic (exact) mass is 595 g/mol. The summed E-state index contributed by atoms with van der Waals surface area (Å²) in [7, 11) is -4.11. The number of phosphoric ester groups is 1. The fraction of sp³-hybridized carbons (Fsp3) is 0.739. The minimum Gasteiger partial charge on any atom is -0.388 e. The molecule has 1 aliphatic rings. The summed E-state index contributed by atoms with van der Waals surface area (Å²) in [6.07, 6.45) is -1.34. The van der Waals surface area contributed by atoms with Crippen LogP contribution in [-0.2, 0) is 32.5 Å². The molecule has 0 saturated carbocycles. The van der Waals surface area contributed by atoms with Crippen LogP contribution in [-0.4, -0.2) is 68.4 Å². The van der Waals surface area contributed by atoms with E-state index in [2.05, 4.69) is 4.98 Å². The van der Waals surface area contributed by atoms with Gasteiger partial charge in [0.25, 0.3) is 0 Å². The molecule has 0 aromatic carbocycles. The number of rotatable bonds is 12. The molecule has 2 rings (SSSR count). The Labute approximate surface area is 231 Å². The smallest absolute Gasteiger partial charge is 0.388 e. The van der Waals surface area contributed by atoms with Gasteiger partial charge in [0, 0.05) is 35.0 Å². The van der Waals surface area contributed by atoms with Crippen molar-refractivity contribution in [3.63, 3.8) is 0 Å². The Bertz CT molecular complexity index is 1030. The van der Waals surface area contributed by atoms with Crippen LogP contribution in [0, 0.1) is 10.8 Å². The number of aliphatic hydroxyl groups is 1. The molecule has 1 saturated heterocycles. The lowest BCUT2D eigenvalue weighted by atomic mass is 9.99. The highest BCUT2D eigenvalue weighted by molar-refractivity contribution is 8.14. The van der Waals surface area contributed by atoms with E-state index in [0.29, 0.717) is 0 Å². The molecule has 3 atom stereocenters. The molecule has 0 bridgehead atoms. The molecule has 1 unspecified atom stereocenters. The van der Waals surface area contributed by atoms with Crippen LogP contribution in [0.2, 0.25) is 0 Å². The third-order valence-corrected chi connectivity index (χ3v) is 9.02. The molecular formula is C23H38N3O9PS2. The average Bonchev–Trinajstić information content (AvgIpc) is 3.17. The predicted molar refractivity (Wildman–Crippen MR) is 147 cm³/mol. The molecule has 0 radical (unpaired) electrons.